The zero-order chi connectivity index (χ0) is 20.9. The third-order valence-corrected chi connectivity index (χ3v) is 5.05. The van der Waals surface area contributed by atoms with E-state index < -0.39 is 29.1 Å². The smallest absolute Gasteiger partial charge is 0.413 e. The normalized spacial score (nSPS) is 20.0. The van der Waals surface area contributed by atoms with Gasteiger partial charge in [-0.3, -0.25) is 5.32 Å². The number of ether oxygens (including phenoxy) is 1. The fraction of sp³-hybridized carbons (Fsp3) is 0.429. The minimum Gasteiger partial charge on any atom is -0.444 e. The Morgan fingerprint density at radius 2 is 2.00 bits per heavy atom. The van der Waals surface area contributed by atoms with E-state index in [0.29, 0.717) is 29.4 Å². The predicted octanol–water partition coefficient (Wildman–Crippen LogP) is 4.97. The third kappa shape index (κ3) is 4.16. The number of halogens is 3. The minimum absolute atomic E-state index is 0.182. The van der Waals surface area contributed by atoms with E-state index in [0.717, 1.165) is 12.5 Å². The Balaban J connectivity index is 1.60. The maximum atomic E-state index is 14.7. The van der Waals surface area contributed by atoms with E-state index in [1.807, 2.05) is 4.90 Å². The lowest BCUT2D eigenvalue weighted by molar-refractivity contribution is 0.0634. The van der Waals surface area contributed by atoms with Crippen LogP contribution in [0.4, 0.5) is 29.5 Å². The van der Waals surface area contributed by atoms with Crippen molar-refractivity contribution in [3.63, 3.8) is 0 Å². The first kappa shape index (κ1) is 19.5. The predicted molar refractivity (Wildman–Crippen MR) is 102 cm³/mol. The molecule has 154 valence electrons. The quantitative estimate of drug-likeness (QED) is 0.783. The van der Waals surface area contributed by atoms with Crippen LogP contribution in [-0.2, 0) is 11.3 Å². The molecule has 1 aromatic carbocycles. The van der Waals surface area contributed by atoms with Crippen molar-refractivity contribution < 1.29 is 22.7 Å². The van der Waals surface area contributed by atoms with Gasteiger partial charge in [0.15, 0.2) is 11.6 Å². The molecule has 1 saturated carbocycles. The van der Waals surface area contributed by atoms with E-state index in [1.54, 1.807) is 20.8 Å². The highest BCUT2D eigenvalue weighted by Gasteiger charge is 2.46. The van der Waals surface area contributed by atoms with Crippen molar-refractivity contribution in [1.82, 2.24) is 4.98 Å². The number of hydrogen-bond acceptors (Lipinski definition) is 4. The number of aromatic nitrogens is 1. The highest BCUT2D eigenvalue weighted by atomic mass is 19.1. The standard InChI is InChI=1S/C21H22F3N3O2/c1-21(2,3)29-20(28)26-19-16(24)8-17-18(25-19)14-6-12(14)10-27(17)9-11-4-5-13(22)7-15(11)23/h4-5,7-8,12,14H,6,9-10H2,1-3H3,(H,25,26,28)/t12-,14-/m0/s1. The van der Waals surface area contributed by atoms with Crippen LogP contribution in [0.5, 0.6) is 0 Å². The Bertz CT molecular complexity index is 974. The first-order valence-corrected chi connectivity index (χ1v) is 9.50. The summed E-state index contributed by atoms with van der Waals surface area (Å²) in [6.07, 6.45) is 0.122. The average molecular weight is 405 g/mol. The second-order valence-electron chi connectivity index (χ2n) is 8.57. The van der Waals surface area contributed by atoms with Crippen LogP contribution in [0.2, 0.25) is 0 Å². The van der Waals surface area contributed by atoms with E-state index in [-0.39, 0.29) is 18.3 Å². The van der Waals surface area contributed by atoms with Gasteiger partial charge in [-0.2, -0.15) is 0 Å². The molecule has 1 fully saturated rings. The van der Waals surface area contributed by atoms with Gasteiger partial charge in [-0.25, -0.2) is 22.9 Å². The molecule has 2 heterocycles. The number of pyridine rings is 1. The van der Waals surface area contributed by atoms with Crippen molar-refractivity contribution in [2.24, 2.45) is 5.92 Å². The number of nitrogens with zero attached hydrogens (tertiary/aromatic N) is 2. The molecule has 0 unspecified atom stereocenters. The van der Waals surface area contributed by atoms with Crippen LogP contribution in [-0.4, -0.2) is 23.2 Å². The van der Waals surface area contributed by atoms with Gasteiger partial charge in [0.25, 0.3) is 0 Å². The van der Waals surface area contributed by atoms with Crippen molar-refractivity contribution >= 4 is 17.6 Å². The number of rotatable bonds is 3. The van der Waals surface area contributed by atoms with Crippen LogP contribution < -0.4 is 10.2 Å². The molecule has 5 nitrogen and oxygen atoms in total. The fourth-order valence-electron chi connectivity index (χ4n) is 3.68. The summed E-state index contributed by atoms with van der Waals surface area (Å²) in [5.41, 5.74) is 0.857. The van der Waals surface area contributed by atoms with Gasteiger partial charge in [-0.15, -0.1) is 0 Å². The van der Waals surface area contributed by atoms with Gasteiger partial charge in [0.05, 0.1) is 11.4 Å². The molecule has 29 heavy (non-hydrogen) atoms. The SMILES string of the molecule is CC(C)(C)OC(=O)Nc1nc2c(cc1F)N(Cc1ccc(F)cc1F)C[C@@H]1C[C@H]21. The number of nitrogens with one attached hydrogen (secondary N) is 1. The molecule has 1 aromatic heterocycles. The van der Waals surface area contributed by atoms with Gasteiger partial charge in [0.1, 0.15) is 17.2 Å². The molecule has 0 spiro atoms. The highest BCUT2D eigenvalue weighted by Crippen LogP contribution is 2.54. The van der Waals surface area contributed by atoms with Gasteiger partial charge in [0.2, 0.25) is 0 Å². The Hall–Kier alpha value is -2.77. The monoisotopic (exact) mass is 405 g/mol. The fourth-order valence-corrected chi connectivity index (χ4v) is 3.68. The van der Waals surface area contributed by atoms with Crippen LogP contribution in [0.1, 0.15) is 44.4 Å². The van der Waals surface area contributed by atoms with Crippen molar-refractivity contribution in [2.75, 3.05) is 16.8 Å². The molecule has 2 atom stereocenters. The molecule has 1 aliphatic heterocycles. The third-order valence-electron chi connectivity index (χ3n) is 5.05. The van der Waals surface area contributed by atoms with Gasteiger partial charge in [-0.05, 0) is 39.2 Å². The number of amides is 1. The van der Waals surface area contributed by atoms with Crippen LogP contribution in [0.25, 0.3) is 0 Å². The zero-order valence-electron chi connectivity index (χ0n) is 16.4. The van der Waals surface area contributed by atoms with Gasteiger partial charge in [0, 0.05) is 36.7 Å². The van der Waals surface area contributed by atoms with Crippen LogP contribution >= 0.6 is 0 Å². The van der Waals surface area contributed by atoms with Crippen molar-refractivity contribution in [1.29, 1.82) is 0 Å². The molecular formula is C21H22F3N3O2. The maximum Gasteiger partial charge on any atom is 0.413 e. The highest BCUT2D eigenvalue weighted by molar-refractivity contribution is 5.84. The molecule has 4 rings (SSSR count). The second kappa shape index (κ2) is 6.93. The van der Waals surface area contributed by atoms with E-state index >= 15 is 0 Å². The summed E-state index contributed by atoms with van der Waals surface area (Å²) in [5.74, 6) is -1.62. The first-order chi connectivity index (χ1) is 13.6. The van der Waals surface area contributed by atoms with E-state index in [1.165, 1.54) is 18.2 Å². The zero-order valence-corrected chi connectivity index (χ0v) is 16.4. The maximum absolute atomic E-state index is 14.7. The van der Waals surface area contributed by atoms with E-state index in [2.05, 4.69) is 10.3 Å². The lowest BCUT2D eigenvalue weighted by Gasteiger charge is -2.31. The molecular weight excluding hydrogens is 383 g/mol. The van der Waals surface area contributed by atoms with Crippen molar-refractivity contribution in [2.45, 2.75) is 45.3 Å². The summed E-state index contributed by atoms with van der Waals surface area (Å²) < 4.78 is 47.1. The largest absolute Gasteiger partial charge is 0.444 e. The van der Waals surface area contributed by atoms with E-state index in [4.69, 9.17) is 4.74 Å². The van der Waals surface area contributed by atoms with Gasteiger partial charge in [-0.1, -0.05) is 6.07 Å². The molecule has 2 aliphatic rings. The van der Waals surface area contributed by atoms with Crippen LogP contribution in [0.15, 0.2) is 24.3 Å². The van der Waals surface area contributed by atoms with Crippen LogP contribution in [0.3, 0.4) is 0 Å². The number of carbonyl (C=O) groups excluding carboxylic acids is 1. The lowest BCUT2D eigenvalue weighted by Crippen LogP contribution is -2.31. The number of benzene rings is 1. The molecule has 1 N–H and O–H groups in total. The second-order valence-corrected chi connectivity index (χ2v) is 8.57. The summed E-state index contributed by atoms with van der Waals surface area (Å²) in [6.45, 7) is 5.97. The Morgan fingerprint density at radius 3 is 2.69 bits per heavy atom. The molecule has 0 radical (unpaired) electrons. The number of hydrogen-bond donors (Lipinski definition) is 1. The molecule has 1 amide bonds. The molecule has 0 bridgehead atoms. The number of fused-ring (bicyclic) bond motifs is 3. The number of anilines is 2. The number of carbonyl (C=O) groups is 1. The van der Waals surface area contributed by atoms with Crippen LogP contribution in [0, 0.1) is 23.4 Å². The Labute approximate surface area is 166 Å². The molecule has 8 heteroatoms. The van der Waals surface area contributed by atoms with Crippen molar-refractivity contribution in [3.05, 3.63) is 53.0 Å². The average Bonchev–Trinajstić information content (AvgIpc) is 3.36. The topological polar surface area (TPSA) is 54.5 Å². The van der Waals surface area contributed by atoms with E-state index in [9.17, 15) is 18.0 Å². The summed E-state index contributed by atoms with van der Waals surface area (Å²) in [6, 6.07) is 4.75. The molecule has 1 aliphatic carbocycles. The first-order valence-electron chi connectivity index (χ1n) is 9.50. The summed E-state index contributed by atoms with van der Waals surface area (Å²) >= 11 is 0. The Morgan fingerprint density at radius 1 is 1.24 bits per heavy atom. The van der Waals surface area contributed by atoms with Crippen molar-refractivity contribution in [3.8, 4) is 0 Å². The summed E-state index contributed by atoms with van der Waals surface area (Å²) in [4.78, 5) is 18.2. The minimum atomic E-state index is -0.780. The van der Waals surface area contributed by atoms with Gasteiger partial charge >= 0.3 is 6.09 Å². The van der Waals surface area contributed by atoms with Gasteiger partial charge < -0.3 is 9.64 Å². The Kier molecular flexibility index (Phi) is 4.67. The molecule has 2 aromatic rings. The lowest BCUT2D eigenvalue weighted by atomic mass is 10.1. The summed E-state index contributed by atoms with van der Waals surface area (Å²) in [5, 5.41) is 2.37. The summed E-state index contributed by atoms with van der Waals surface area (Å²) in [7, 11) is 0. The molecule has 0 saturated heterocycles.